The van der Waals surface area contributed by atoms with Gasteiger partial charge in [0.05, 0.1) is 4.90 Å². The molecule has 0 amide bonds. The summed E-state index contributed by atoms with van der Waals surface area (Å²) in [5.41, 5.74) is 7.57. The summed E-state index contributed by atoms with van der Waals surface area (Å²) >= 11 is 0. The van der Waals surface area contributed by atoms with Crippen LogP contribution in [0.5, 0.6) is 0 Å². The highest BCUT2D eigenvalue weighted by Gasteiger charge is 2.19. The first-order valence-corrected chi connectivity index (χ1v) is 7.89. The molecule has 104 valence electrons. The van der Waals surface area contributed by atoms with E-state index in [1.807, 2.05) is 6.92 Å². The molecule has 0 aliphatic heterocycles. The smallest absolute Gasteiger partial charge is 0.194 e. The number of hydrogen-bond donors (Lipinski definition) is 1. The van der Waals surface area contributed by atoms with Crippen LogP contribution >= 0.6 is 0 Å². The normalized spacial score (nSPS) is 11.3. The molecule has 0 saturated carbocycles. The second-order valence-electron chi connectivity index (χ2n) is 4.72. The molecule has 0 aliphatic rings. The Hall–Kier alpha value is -2.14. The van der Waals surface area contributed by atoms with E-state index < -0.39 is 9.84 Å². The Morgan fingerprint density at radius 1 is 1.05 bits per heavy atom. The third-order valence-corrected chi connectivity index (χ3v) is 4.11. The quantitative estimate of drug-likeness (QED) is 0.694. The number of hydrogen-bond acceptors (Lipinski definition) is 4. The number of aryl methyl sites for hydroxylation is 1. The maximum Gasteiger partial charge on any atom is 0.194 e. The van der Waals surface area contributed by atoms with Gasteiger partial charge in [-0.05, 0) is 43.3 Å². The molecule has 2 N–H and O–H groups in total. The number of nitrogen functional groups attached to an aromatic ring is 1. The van der Waals surface area contributed by atoms with E-state index in [4.69, 9.17) is 5.73 Å². The van der Waals surface area contributed by atoms with Crippen LogP contribution in [0.2, 0.25) is 0 Å². The maximum absolute atomic E-state index is 12.5. The molecule has 0 aromatic heterocycles. The molecule has 0 spiro atoms. The van der Waals surface area contributed by atoms with Crippen molar-refractivity contribution < 1.29 is 13.2 Å². The Bertz CT molecular complexity index is 762. The number of carbonyl (C=O) groups excluding carboxylic acids is 1. The second-order valence-corrected chi connectivity index (χ2v) is 6.71. The van der Waals surface area contributed by atoms with Gasteiger partial charge >= 0.3 is 0 Å². The lowest BCUT2D eigenvalue weighted by atomic mass is 10.0. The number of ketones is 1. The molecular weight excluding hydrogens is 274 g/mol. The molecule has 0 bridgehead atoms. The van der Waals surface area contributed by atoms with Crippen molar-refractivity contribution in [2.75, 3.05) is 12.0 Å². The van der Waals surface area contributed by atoms with E-state index >= 15 is 0 Å². The average Bonchev–Trinajstić information content (AvgIpc) is 2.37. The minimum absolute atomic E-state index is 0.0462. The van der Waals surface area contributed by atoms with Gasteiger partial charge in [0.25, 0.3) is 0 Å². The summed E-state index contributed by atoms with van der Waals surface area (Å²) in [6.07, 6.45) is 1.09. The first kappa shape index (κ1) is 14.3. The van der Waals surface area contributed by atoms with Gasteiger partial charge in [0.2, 0.25) is 0 Å². The van der Waals surface area contributed by atoms with E-state index in [2.05, 4.69) is 0 Å². The summed E-state index contributed by atoms with van der Waals surface area (Å²) in [6, 6.07) is 11.1. The van der Waals surface area contributed by atoms with E-state index in [1.165, 1.54) is 6.07 Å². The zero-order valence-electron chi connectivity index (χ0n) is 11.3. The van der Waals surface area contributed by atoms with Crippen molar-refractivity contribution in [2.24, 2.45) is 0 Å². The highest BCUT2D eigenvalue weighted by atomic mass is 32.2. The van der Waals surface area contributed by atoms with Gasteiger partial charge in [-0.3, -0.25) is 4.79 Å². The Kier molecular flexibility index (Phi) is 3.63. The molecule has 2 aromatic carbocycles. The predicted octanol–water partition coefficient (Wildman–Crippen LogP) is 2.21. The molecule has 2 rings (SSSR count). The number of nitrogens with two attached hydrogens (primary N) is 1. The molecule has 0 fully saturated rings. The van der Waals surface area contributed by atoms with E-state index in [0.717, 1.165) is 11.8 Å². The molecule has 4 nitrogen and oxygen atoms in total. The topological polar surface area (TPSA) is 77.2 Å². The van der Waals surface area contributed by atoms with Crippen molar-refractivity contribution in [3.05, 3.63) is 59.2 Å². The number of anilines is 1. The van der Waals surface area contributed by atoms with Gasteiger partial charge < -0.3 is 5.73 Å². The SMILES string of the molecule is Cc1ccc(S(C)(=O)=O)c(C(=O)c2ccc(N)cc2)c1. The summed E-state index contributed by atoms with van der Waals surface area (Å²) in [5.74, 6) is -0.325. The fourth-order valence-electron chi connectivity index (χ4n) is 1.93. The summed E-state index contributed by atoms with van der Waals surface area (Å²) in [6.45, 7) is 1.81. The van der Waals surface area contributed by atoms with Crippen LogP contribution < -0.4 is 5.73 Å². The van der Waals surface area contributed by atoms with E-state index in [1.54, 1.807) is 36.4 Å². The first-order valence-electron chi connectivity index (χ1n) is 6.00. The van der Waals surface area contributed by atoms with Crippen molar-refractivity contribution in [3.8, 4) is 0 Å². The van der Waals surface area contributed by atoms with Crippen LogP contribution in [0.4, 0.5) is 5.69 Å². The summed E-state index contributed by atoms with van der Waals surface area (Å²) in [4.78, 5) is 12.5. The van der Waals surface area contributed by atoms with Crippen LogP contribution in [0.3, 0.4) is 0 Å². The lowest BCUT2D eigenvalue weighted by Crippen LogP contribution is -2.10. The highest BCUT2D eigenvalue weighted by molar-refractivity contribution is 7.90. The lowest BCUT2D eigenvalue weighted by molar-refractivity contribution is 0.103. The Balaban J connectivity index is 2.60. The molecule has 2 aromatic rings. The predicted molar refractivity (Wildman–Crippen MR) is 78.6 cm³/mol. The van der Waals surface area contributed by atoms with Gasteiger partial charge in [0.1, 0.15) is 0 Å². The van der Waals surface area contributed by atoms with Gasteiger partial charge in [0, 0.05) is 23.1 Å². The molecule has 0 radical (unpaired) electrons. The monoisotopic (exact) mass is 289 g/mol. The maximum atomic E-state index is 12.5. The van der Waals surface area contributed by atoms with Gasteiger partial charge in [-0.2, -0.15) is 0 Å². The van der Waals surface area contributed by atoms with Crippen LogP contribution in [0.25, 0.3) is 0 Å². The number of sulfone groups is 1. The van der Waals surface area contributed by atoms with Crippen molar-refractivity contribution in [3.63, 3.8) is 0 Å². The minimum atomic E-state index is -3.46. The molecule has 0 atom stereocenters. The zero-order chi connectivity index (χ0) is 14.9. The molecule has 0 heterocycles. The largest absolute Gasteiger partial charge is 0.399 e. The van der Waals surface area contributed by atoms with Crippen LogP contribution in [0.1, 0.15) is 21.5 Å². The van der Waals surface area contributed by atoms with Gasteiger partial charge in [0.15, 0.2) is 15.6 Å². The summed E-state index contributed by atoms with van der Waals surface area (Å²) < 4.78 is 23.6. The molecule has 20 heavy (non-hydrogen) atoms. The fraction of sp³-hybridized carbons (Fsp3) is 0.133. The number of rotatable bonds is 3. The molecule has 0 unspecified atom stereocenters. The molecule has 5 heteroatoms. The second kappa shape index (κ2) is 5.09. The van der Waals surface area contributed by atoms with Crippen LogP contribution in [0, 0.1) is 6.92 Å². The number of carbonyl (C=O) groups is 1. The first-order chi connectivity index (χ1) is 9.29. The van der Waals surface area contributed by atoms with E-state index in [-0.39, 0.29) is 16.2 Å². The number of benzene rings is 2. The van der Waals surface area contributed by atoms with Crippen molar-refractivity contribution >= 4 is 21.3 Å². The van der Waals surface area contributed by atoms with Gasteiger partial charge in [-0.25, -0.2) is 8.42 Å². The van der Waals surface area contributed by atoms with Gasteiger partial charge in [-0.15, -0.1) is 0 Å². The van der Waals surface area contributed by atoms with Crippen molar-refractivity contribution in [1.82, 2.24) is 0 Å². The zero-order valence-corrected chi connectivity index (χ0v) is 12.1. The Morgan fingerprint density at radius 3 is 2.20 bits per heavy atom. The fourth-order valence-corrected chi connectivity index (χ4v) is 2.80. The van der Waals surface area contributed by atoms with Crippen LogP contribution in [-0.2, 0) is 9.84 Å². The Morgan fingerprint density at radius 2 is 1.65 bits per heavy atom. The average molecular weight is 289 g/mol. The van der Waals surface area contributed by atoms with E-state index in [9.17, 15) is 13.2 Å². The molecule has 0 aliphatic carbocycles. The van der Waals surface area contributed by atoms with Crippen LogP contribution in [0.15, 0.2) is 47.4 Å². The van der Waals surface area contributed by atoms with Gasteiger partial charge in [-0.1, -0.05) is 11.6 Å². The van der Waals surface area contributed by atoms with Crippen molar-refractivity contribution in [1.29, 1.82) is 0 Å². The highest BCUT2D eigenvalue weighted by Crippen LogP contribution is 2.21. The minimum Gasteiger partial charge on any atom is -0.399 e. The molecular formula is C15H15NO3S. The Labute approximate surface area is 118 Å². The third-order valence-electron chi connectivity index (χ3n) is 2.95. The third kappa shape index (κ3) is 2.88. The standard InChI is InChI=1S/C15H15NO3S/c1-10-3-8-14(20(2,18)19)13(9-10)15(17)11-4-6-12(16)7-5-11/h3-9H,16H2,1-2H3. The van der Waals surface area contributed by atoms with E-state index in [0.29, 0.717) is 11.3 Å². The van der Waals surface area contributed by atoms with Crippen molar-refractivity contribution in [2.45, 2.75) is 11.8 Å². The summed E-state index contributed by atoms with van der Waals surface area (Å²) in [7, 11) is -3.46. The van der Waals surface area contributed by atoms with Crippen LogP contribution in [-0.4, -0.2) is 20.5 Å². The molecule has 0 saturated heterocycles. The summed E-state index contributed by atoms with van der Waals surface area (Å²) in [5, 5.41) is 0. The lowest BCUT2D eigenvalue weighted by Gasteiger charge is -2.08.